The van der Waals surface area contributed by atoms with Gasteiger partial charge in [0.1, 0.15) is 5.82 Å². The number of hydrogen-bond acceptors (Lipinski definition) is 2. The van der Waals surface area contributed by atoms with Crippen LogP contribution in [-0.2, 0) is 17.8 Å². The van der Waals surface area contributed by atoms with Gasteiger partial charge in [-0.1, -0.05) is 12.1 Å². The largest absolute Gasteiger partial charge is 0.342 e. The number of halogens is 1. The van der Waals surface area contributed by atoms with Gasteiger partial charge in [-0.2, -0.15) is 5.10 Å². The Labute approximate surface area is 129 Å². The summed E-state index contributed by atoms with van der Waals surface area (Å²) in [6, 6.07) is 8.09. The van der Waals surface area contributed by atoms with Gasteiger partial charge in [-0.15, -0.1) is 0 Å². The van der Waals surface area contributed by atoms with E-state index in [1.165, 1.54) is 12.1 Å². The second-order valence-corrected chi connectivity index (χ2v) is 5.86. The van der Waals surface area contributed by atoms with Crippen molar-refractivity contribution in [3.05, 3.63) is 54.1 Å². The Bertz CT molecular complexity index is 601. The quantitative estimate of drug-likeness (QED) is 0.870. The average molecular weight is 301 g/mol. The number of aromatic nitrogens is 2. The summed E-state index contributed by atoms with van der Waals surface area (Å²) >= 11 is 0. The Hall–Kier alpha value is -2.17. The van der Waals surface area contributed by atoms with E-state index in [9.17, 15) is 9.18 Å². The minimum absolute atomic E-state index is 0.129. The zero-order valence-corrected chi connectivity index (χ0v) is 12.5. The lowest BCUT2D eigenvalue weighted by Crippen LogP contribution is -2.40. The third-order valence-electron chi connectivity index (χ3n) is 4.24. The van der Waals surface area contributed by atoms with Crippen LogP contribution >= 0.6 is 0 Å². The van der Waals surface area contributed by atoms with Crippen LogP contribution in [0.5, 0.6) is 0 Å². The molecule has 22 heavy (non-hydrogen) atoms. The third kappa shape index (κ3) is 3.72. The molecule has 5 heteroatoms. The van der Waals surface area contributed by atoms with Gasteiger partial charge in [-0.3, -0.25) is 9.48 Å². The number of benzene rings is 1. The van der Waals surface area contributed by atoms with E-state index >= 15 is 0 Å². The van der Waals surface area contributed by atoms with Crippen molar-refractivity contribution in [2.24, 2.45) is 5.92 Å². The number of piperidine rings is 1. The number of carbonyl (C=O) groups excluding carboxylic acids is 1. The molecule has 1 aliphatic heterocycles. The summed E-state index contributed by atoms with van der Waals surface area (Å²) in [5, 5.41) is 4.23. The van der Waals surface area contributed by atoms with Crippen LogP contribution in [-0.4, -0.2) is 33.7 Å². The van der Waals surface area contributed by atoms with Crippen LogP contribution in [0.15, 0.2) is 42.7 Å². The van der Waals surface area contributed by atoms with Crippen molar-refractivity contribution in [2.45, 2.75) is 25.8 Å². The van der Waals surface area contributed by atoms with Crippen molar-refractivity contribution < 1.29 is 9.18 Å². The lowest BCUT2D eigenvalue weighted by Gasteiger charge is -2.32. The molecule has 0 aliphatic carbocycles. The highest BCUT2D eigenvalue weighted by Gasteiger charge is 2.23. The van der Waals surface area contributed by atoms with Gasteiger partial charge in [0.05, 0.1) is 6.42 Å². The Morgan fingerprint density at radius 3 is 2.59 bits per heavy atom. The molecule has 4 nitrogen and oxygen atoms in total. The summed E-state index contributed by atoms with van der Waals surface area (Å²) in [6.07, 6.45) is 6.14. The summed E-state index contributed by atoms with van der Waals surface area (Å²) in [7, 11) is 0. The van der Waals surface area contributed by atoms with Crippen molar-refractivity contribution in [1.29, 1.82) is 0 Å². The van der Waals surface area contributed by atoms with Crippen LogP contribution in [0.25, 0.3) is 0 Å². The highest BCUT2D eigenvalue weighted by molar-refractivity contribution is 5.78. The van der Waals surface area contributed by atoms with Crippen molar-refractivity contribution in [2.75, 3.05) is 13.1 Å². The first-order valence-corrected chi connectivity index (χ1v) is 7.70. The Morgan fingerprint density at radius 2 is 1.95 bits per heavy atom. The van der Waals surface area contributed by atoms with Gasteiger partial charge in [0.15, 0.2) is 0 Å². The molecular formula is C17H20FN3O. The summed E-state index contributed by atoms with van der Waals surface area (Å²) in [5.41, 5.74) is 0.866. The molecule has 0 spiro atoms. The standard InChI is InChI=1S/C17H20FN3O/c18-16-4-2-14(3-5-16)12-17(22)20-10-6-15(7-11-20)13-21-9-1-8-19-21/h1-5,8-9,15H,6-7,10-13H2. The molecule has 2 heterocycles. The highest BCUT2D eigenvalue weighted by atomic mass is 19.1. The van der Waals surface area contributed by atoms with Crippen LogP contribution in [0, 0.1) is 11.7 Å². The fourth-order valence-electron chi connectivity index (χ4n) is 2.93. The summed E-state index contributed by atoms with van der Waals surface area (Å²) in [6.45, 7) is 2.52. The van der Waals surface area contributed by atoms with Crippen LogP contribution in [0.2, 0.25) is 0 Å². The number of carbonyl (C=O) groups is 1. The number of nitrogens with zero attached hydrogens (tertiary/aromatic N) is 3. The normalized spacial score (nSPS) is 16.0. The van der Waals surface area contributed by atoms with E-state index in [0.717, 1.165) is 38.0 Å². The summed E-state index contributed by atoms with van der Waals surface area (Å²) in [4.78, 5) is 14.2. The molecule has 0 N–H and O–H groups in total. The number of rotatable bonds is 4. The van der Waals surface area contributed by atoms with Crippen LogP contribution < -0.4 is 0 Å². The van der Waals surface area contributed by atoms with Gasteiger partial charge in [0.2, 0.25) is 5.91 Å². The van der Waals surface area contributed by atoms with Gasteiger partial charge in [-0.25, -0.2) is 4.39 Å². The average Bonchev–Trinajstić information content (AvgIpc) is 3.03. The SMILES string of the molecule is O=C(Cc1ccc(F)cc1)N1CCC(Cn2cccn2)CC1. The van der Waals surface area contributed by atoms with Crippen molar-refractivity contribution >= 4 is 5.91 Å². The van der Waals surface area contributed by atoms with Crippen LogP contribution in [0.1, 0.15) is 18.4 Å². The minimum atomic E-state index is -0.268. The first-order chi connectivity index (χ1) is 10.7. The highest BCUT2D eigenvalue weighted by Crippen LogP contribution is 2.19. The lowest BCUT2D eigenvalue weighted by atomic mass is 9.96. The van der Waals surface area contributed by atoms with E-state index in [2.05, 4.69) is 5.10 Å². The molecule has 0 atom stereocenters. The number of likely N-dealkylation sites (tertiary alicyclic amines) is 1. The van der Waals surface area contributed by atoms with Crippen molar-refractivity contribution in [1.82, 2.24) is 14.7 Å². The van der Waals surface area contributed by atoms with Crippen molar-refractivity contribution in [3.63, 3.8) is 0 Å². The smallest absolute Gasteiger partial charge is 0.226 e. The van der Waals surface area contributed by atoms with E-state index < -0.39 is 0 Å². The summed E-state index contributed by atoms with van der Waals surface area (Å²) < 4.78 is 14.8. The van der Waals surface area contributed by atoms with E-state index in [1.807, 2.05) is 21.8 Å². The molecule has 0 saturated carbocycles. The minimum Gasteiger partial charge on any atom is -0.342 e. The number of hydrogen-bond donors (Lipinski definition) is 0. The zero-order valence-electron chi connectivity index (χ0n) is 12.5. The molecular weight excluding hydrogens is 281 g/mol. The lowest BCUT2D eigenvalue weighted by molar-refractivity contribution is -0.131. The topological polar surface area (TPSA) is 38.1 Å². The van der Waals surface area contributed by atoms with Gasteiger partial charge < -0.3 is 4.90 Å². The molecule has 0 unspecified atom stereocenters. The first-order valence-electron chi connectivity index (χ1n) is 7.70. The molecule has 1 aromatic heterocycles. The molecule has 1 fully saturated rings. The fraction of sp³-hybridized carbons (Fsp3) is 0.412. The summed E-state index contributed by atoms with van der Waals surface area (Å²) in [5.74, 6) is 0.439. The van der Waals surface area contributed by atoms with Gasteiger partial charge >= 0.3 is 0 Å². The first kappa shape index (κ1) is 14.8. The van der Waals surface area contributed by atoms with Gasteiger partial charge in [0.25, 0.3) is 0 Å². The molecule has 0 bridgehead atoms. The molecule has 3 rings (SSSR count). The Kier molecular flexibility index (Phi) is 4.51. The fourth-order valence-corrected chi connectivity index (χ4v) is 2.93. The maximum Gasteiger partial charge on any atom is 0.226 e. The molecule has 0 radical (unpaired) electrons. The molecule has 116 valence electrons. The van der Waals surface area contributed by atoms with E-state index in [0.29, 0.717) is 12.3 Å². The predicted octanol–water partition coefficient (Wildman–Crippen LogP) is 2.50. The number of amides is 1. The van der Waals surface area contributed by atoms with Crippen LogP contribution in [0.3, 0.4) is 0 Å². The van der Waals surface area contributed by atoms with E-state index in [-0.39, 0.29) is 11.7 Å². The molecule has 2 aromatic rings. The molecule has 1 aliphatic rings. The zero-order chi connectivity index (χ0) is 15.4. The predicted molar refractivity (Wildman–Crippen MR) is 81.6 cm³/mol. The Morgan fingerprint density at radius 1 is 1.23 bits per heavy atom. The van der Waals surface area contributed by atoms with E-state index in [1.54, 1.807) is 18.3 Å². The van der Waals surface area contributed by atoms with E-state index in [4.69, 9.17) is 0 Å². The second-order valence-electron chi connectivity index (χ2n) is 5.86. The Balaban J connectivity index is 1.48. The maximum absolute atomic E-state index is 12.9. The monoisotopic (exact) mass is 301 g/mol. The molecule has 1 amide bonds. The molecule has 1 aromatic carbocycles. The van der Waals surface area contributed by atoms with Gasteiger partial charge in [-0.05, 0) is 42.5 Å². The van der Waals surface area contributed by atoms with Crippen LogP contribution in [0.4, 0.5) is 4.39 Å². The maximum atomic E-state index is 12.9. The third-order valence-corrected chi connectivity index (χ3v) is 4.24. The second kappa shape index (κ2) is 6.73. The van der Waals surface area contributed by atoms with Gasteiger partial charge in [0, 0.05) is 32.0 Å². The van der Waals surface area contributed by atoms with Crippen molar-refractivity contribution in [3.8, 4) is 0 Å². The molecule has 1 saturated heterocycles.